The van der Waals surface area contributed by atoms with Crippen LogP contribution in [0.3, 0.4) is 0 Å². The average Bonchev–Trinajstić information content (AvgIpc) is 3.10. The Bertz CT molecular complexity index is 619. The van der Waals surface area contributed by atoms with Crippen LogP contribution in [0, 0.1) is 0 Å². The monoisotopic (exact) mass is 351 g/mol. The number of piperidine rings is 1. The number of hydrogen-bond acceptors (Lipinski definition) is 4. The van der Waals surface area contributed by atoms with Crippen molar-refractivity contribution in [2.24, 2.45) is 0 Å². The van der Waals surface area contributed by atoms with Crippen molar-refractivity contribution in [3.05, 3.63) is 27.6 Å². The Morgan fingerprint density at radius 3 is 2.33 bits per heavy atom. The summed E-state index contributed by atoms with van der Waals surface area (Å²) in [5.41, 5.74) is -0.734. The fourth-order valence-electron chi connectivity index (χ4n) is 3.12. The molecule has 1 aromatic heterocycles. The molecule has 0 unspecified atom stereocenters. The van der Waals surface area contributed by atoms with Crippen molar-refractivity contribution in [3.63, 3.8) is 0 Å². The third kappa shape index (κ3) is 3.34. The third-order valence-corrected chi connectivity index (χ3v) is 6.92. The van der Waals surface area contributed by atoms with Gasteiger partial charge in [-0.2, -0.15) is 0 Å². The van der Waals surface area contributed by atoms with E-state index in [0.717, 1.165) is 30.8 Å². The van der Waals surface area contributed by atoms with Gasteiger partial charge in [0.2, 0.25) is 0 Å². The second kappa shape index (κ2) is 6.56. The van der Waals surface area contributed by atoms with E-state index in [4.69, 9.17) is 9.31 Å². The highest BCUT2D eigenvalue weighted by Crippen LogP contribution is 2.41. The molecule has 3 nitrogen and oxygen atoms in total. The van der Waals surface area contributed by atoms with E-state index in [2.05, 4.69) is 11.4 Å². The summed E-state index contributed by atoms with van der Waals surface area (Å²) in [4.78, 5) is 2.32. The fraction of sp³-hybridized carbons (Fsp3) is 0.667. The molecule has 0 saturated carbocycles. The maximum atomic E-state index is 15.0. The van der Waals surface area contributed by atoms with E-state index >= 15 is 0 Å². The summed E-state index contributed by atoms with van der Waals surface area (Å²) >= 11 is 1.70. The molecular formula is C18H27BFNO2S. The maximum Gasteiger partial charge on any atom is 0.525 e. The Morgan fingerprint density at radius 2 is 1.75 bits per heavy atom. The Morgan fingerprint density at radius 1 is 1.17 bits per heavy atom. The second-order valence-corrected chi connectivity index (χ2v) is 8.90. The van der Waals surface area contributed by atoms with Crippen LogP contribution in [0.4, 0.5) is 4.39 Å². The standard InChI is InChI=1S/C18H27BFNO2S/c1-12(16(20)19-22-17(2,3)18(4,5)23-19)14-6-7-15(24-14)13-8-10-21-11-9-13/h6-7,13,21H,8-11H2,1-5H3. The van der Waals surface area contributed by atoms with Gasteiger partial charge < -0.3 is 14.6 Å². The normalized spacial score (nSPS) is 25.0. The van der Waals surface area contributed by atoms with Crippen molar-refractivity contribution in [1.82, 2.24) is 5.32 Å². The molecule has 3 heterocycles. The van der Waals surface area contributed by atoms with E-state index < -0.39 is 18.3 Å². The van der Waals surface area contributed by atoms with Crippen LogP contribution >= 0.6 is 11.3 Å². The lowest BCUT2D eigenvalue weighted by Gasteiger charge is -2.32. The van der Waals surface area contributed by atoms with Crippen LogP contribution in [0.5, 0.6) is 0 Å². The number of halogens is 1. The summed E-state index contributed by atoms with van der Waals surface area (Å²) in [5.74, 6) is 0.595. The highest BCUT2D eigenvalue weighted by Gasteiger charge is 2.53. The number of nitrogens with one attached hydrogen (secondary N) is 1. The number of hydrogen-bond donors (Lipinski definition) is 1. The smallest absolute Gasteiger partial charge is 0.398 e. The molecule has 0 spiro atoms. The molecule has 1 N–H and O–H groups in total. The van der Waals surface area contributed by atoms with Crippen LogP contribution in [0.15, 0.2) is 17.9 Å². The van der Waals surface area contributed by atoms with Gasteiger partial charge in [-0.3, -0.25) is 0 Å². The lowest BCUT2D eigenvalue weighted by molar-refractivity contribution is 0.00578. The van der Waals surface area contributed by atoms with E-state index in [-0.39, 0.29) is 5.73 Å². The molecule has 0 radical (unpaired) electrons. The molecule has 0 bridgehead atoms. The molecule has 0 aliphatic carbocycles. The van der Waals surface area contributed by atoms with Crippen molar-refractivity contribution in [2.45, 2.75) is 64.6 Å². The summed E-state index contributed by atoms with van der Waals surface area (Å²) in [7, 11) is -0.917. The van der Waals surface area contributed by atoms with E-state index in [0.29, 0.717) is 11.5 Å². The third-order valence-electron chi connectivity index (χ3n) is 5.56. The summed E-state index contributed by atoms with van der Waals surface area (Å²) < 4.78 is 26.6. The van der Waals surface area contributed by atoms with E-state index in [1.54, 1.807) is 11.3 Å². The molecule has 24 heavy (non-hydrogen) atoms. The fourth-order valence-corrected chi connectivity index (χ4v) is 4.30. The highest BCUT2D eigenvalue weighted by atomic mass is 32.1. The van der Waals surface area contributed by atoms with Gasteiger partial charge in [0.25, 0.3) is 0 Å². The van der Waals surface area contributed by atoms with Gasteiger partial charge >= 0.3 is 7.12 Å². The molecule has 0 atom stereocenters. The average molecular weight is 351 g/mol. The Labute approximate surface area is 148 Å². The van der Waals surface area contributed by atoms with Crippen molar-refractivity contribution in [2.75, 3.05) is 13.1 Å². The Kier molecular flexibility index (Phi) is 4.95. The van der Waals surface area contributed by atoms with Gasteiger partial charge in [-0.15, -0.1) is 11.3 Å². The minimum atomic E-state index is -0.917. The predicted octanol–water partition coefficient (Wildman–Crippen LogP) is 4.55. The van der Waals surface area contributed by atoms with Gasteiger partial charge in [0.1, 0.15) is 5.73 Å². The Hall–Kier alpha value is -0.685. The van der Waals surface area contributed by atoms with Crippen molar-refractivity contribution in [1.29, 1.82) is 0 Å². The van der Waals surface area contributed by atoms with Crippen molar-refractivity contribution < 1.29 is 13.7 Å². The van der Waals surface area contributed by atoms with Crippen LogP contribution in [-0.2, 0) is 9.31 Å². The minimum absolute atomic E-state index is 0.313. The molecule has 2 aliphatic rings. The number of thiophene rings is 1. The van der Waals surface area contributed by atoms with Gasteiger partial charge in [0.05, 0.1) is 11.2 Å². The SMILES string of the molecule is CC(=C(F)B1OC(C)(C)C(C)(C)O1)c1ccc(C2CCNCC2)s1. The summed E-state index contributed by atoms with van der Waals surface area (Å²) in [6.45, 7) is 11.7. The quantitative estimate of drug-likeness (QED) is 0.811. The van der Waals surface area contributed by atoms with Crippen molar-refractivity contribution >= 4 is 24.0 Å². The van der Waals surface area contributed by atoms with Gasteiger partial charge in [0, 0.05) is 9.75 Å². The lowest BCUT2D eigenvalue weighted by atomic mass is 9.84. The van der Waals surface area contributed by atoms with Crippen LogP contribution in [0.25, 0.3) is 5.57 Å². The molecule has 1 aromatic rings. The summed E-state index contributed by atoms with van der Waals surface area (Å²) in [6.07, 6.45) is 2.31. The molecule has 132 valence electrons. The lowest BCUT2D eigenvalue weighted by Crippen LogP contribution is -2.41. The highest BCUT2D eigenvalue weighted by molar-refractivity contribution is 7.13. The molecule has 0 aromatic carbocycles. The first-order chi connectivity index (χ1) is 11.2. The number of allylic oxidation sites excluding steroid dienone is 1. The summed E-state index contributed by atoms with van der Waals surface area (Å²) in [5, 5.41) is 3.39. The molecule has 3 rings (SSSR count). The van der Waals surface area contributed by atoms with Gasteiger partial charge in [0.15, 0.2) is 0 Å². The van der Waals surface area contributed by atoms with Gasteiger partial charge in [-0.1, -0.05) is 0 Å². The first kappa shape index (κ1) is 18.1. The zero-order valence-corrected chi connectivity index (χ0v) is 16.1. The van der Waals surface area contributed by atoms with Gasteiger partial charge in [-0.05, 0) is 84.2 Å². The molecule has 2 fully saturated rings. The zero-order valence-electron chi connectivity index (χ0n) is 15.2. The summed E-state index contributed by atoms with van der Waals surface area (Å²) in [6, 6.07) is 4.18. The first-order valence-corrected chi connectivity index (χ1v) is 9.56. The van der Waals surface area contributed by atoms with Crippen LogP contribution < -0.4 is 5.32 Å². The molecule has 2 aliphatic heterocycles. The minimum Gasteiger partial charge on any atom is -0.398 e. The zero-order chi connectivity index (χ0) is 17.5. The topological polar surface area (TPSA) is 30.5 Å². The van der Waals surface area contributed by atoms with E-state index in [1.165, 1.54) is 4.88 Å². The Balaban J connectivity index is 1.79. The molecule has 0 amide bonds. The van der Waals surface area contributed by atoms with Crippen molar-refractivity contribution in [3.8, 4) is 0 Å². The maximum absolute atomic E-state index is 15.0. The van der Waals surface area contributed by atoms with E-state index in [1.807, 2.05) is 40.7 Å². The van der Waals surface area contributed by atoms with Crippen LogP contribution in [0.1, 0.15) is 63.1 Å². The van der Waals surface area contributed by atoms with Crippen LogP contribution in [-0.4, -0.2) is 31.4 Å². The number of rotatable bonds is 3. The van der Waals surface area contributed by atoms with Crippen LogP contribution in [0.2, 0.25) is 0 Å². The second-order valence-electron chi connectivity index (χ2n) is 7.79. The largest absolute Gasteiger partial charge is 0.525 e. The molecule has 2 saturated heterocycles. The van der Waals surface area contributed by atoms with E-state index in [9.17, 15) is 4.39 Å². The molecular weight excluding hydrogens is 324 g/mol. The predicted molar refractivity (Wildman–Crippen MR) is 98.9 cm³/mol. The molecule has 6 heteroatoms. The first-order valence-electron chi connectivity index (χ1n) is 8.74. The van der Waals surface area contributed by atoms with Gasteiger partial charge in [-0.25, -0.2) is 4.39 Å².